The number of ether oxygens (including phenoxy) is 1. The van der Waals surface area contributed by atoms with Crippen molar-refractivity contribution in [2.45, 2.75) is 19.4 Å². The van der Waals surface area contributed by atoms with E-state index in [0.717, 1.165) is 17.0 Å². The predicted octanol–water partition coefficient (Wildman–Crippen LogP) is 2.07. The van der Waals surface area contributed by atoms with Gasteiger partial charge in [0, 0.05) is 19.1 Å². The zero-order chi connectivity index (χ0) is 19.3. The van der Waals surface area contributed by atoms with Crippen molar-refractivity contribution < 1.29 is 28.2 Å². The second-order valence-corrected chi connectivity index (χ2v) is 7.32. The van der Waals surface area contributed by atoms with E-state index in [1.54, 1.807) is 0 Å². The van der Waals surface area contributed by atoms with E-state index >= 15 is 0 Å². The molecule has 0 aromatic heterocycles. The Morgan fingerprint density at radius 3 is 2.63 bits per heavy atom. The Labute approximate surface area is 154 Å². The lowest BCUT2D eigenvalue weighted by Gasteiger charge is -2.16. The smallest absolute Gasteiger partial charge is 0.414 e. The zero-order valence-corrected chi connectivity index (χ0v) is 14.7. The number of carbonyl (C=O) groups excluding carboxylic acids is 2. The minimum atomic E-state index is -0.726. The van der Waals surface area contributed by atoms with Crippen molar-refractivity contribution in [1.29, 1.82) is 0 Å². The van der Waals surface area contributed by atoms with Crippen LogP contribution in [-0.2, 0) is 9.53 Å². The number of nitrogens with one attached hydrogen (secondary N) is 1. The molecule has 1 aliphatic heterocycles. The van der Waals surface area contributed by atoms with Crippen LogP contribution < -0.4 is 10.2 Å². The summed E-state index contributed by atoms with van der Waals surface area (Å²) in [6.07, 6.45) is 1.12. The number of carbonyl (C=O) groups is 2. The first-order chi connectivity index (χ1) is 12.9. The first kappa shape index (κ1) is 17.9. The number of amides is 2. The van der Waals surface area contributed by atoms with Crippen LogP contribution in [0.5, 0.6) is 0 Å². The van der Waals surface area contributed by atoms with E-state index in [4.69, 9.17) is 4.74 Å². The van der Waals surface area contributed by atoms with E-state index in [0.29, 0.717) is 12.0 Å². The fourth-order valence-corrected chi connectivity index (χ4v) is 4.12. The molecule has 8 heteroatoms. The van der Waals surface area contributed by atoms with E-state index in [1.807, 2.05) is 6.08 Å². The second kappa shape index (κ2) is 6.60. The van der Waals surface area contributed by atoms with Gasteiger partial charge in [-0.3, -0.25) is 9.69 Å². The molecule has 2 N–H and O–H groups in total. The van der Waals surface area contributed by atoms with Gasteiger partial charge >= 0.3 is 6.09 Å². The maximum Gasteiger partial charge on any atom is 0.414 e. The Morgan fingerprint density at radius 2 is 2.07 bits per heavy atom. The molecule has 144 valence electrons. The first-order valence-electron chi connectivity index (χ1n) is 8.92. The lowest BCUT2D eigenvalue weighted by molar-refractivity contribution is -0.119. The minimum Gasteiger partial charge on any atom is -0.442 e. The lowest BCUT2D eigenvalue weighted by atomic mass is 9.99. The van der Waals surface area contributed by atoms with Crippen LogP contribution in [0.3, 0.4) is 0 Å². The van der Waals surface area contributed by atoms with E-state index in [1.165, 1.54) is 6.92 Å². The van der Waals surface area contributed by atoms with Crippen LogP contribution >= 0.6 is 0 Å². The molecule has 4 atom stereocenters. The molecule has 1 saturated heterocycles. The molecular weight excluding hydrogens is 358 g/mol. The van der Waals surface area contributed by atoms with Crippen molar-refractivity contribution in [3.63, 3.8) is 0 Å². The molecule has 2 amide bonds. The minimum absolute atomic E-state index is 0.0648. The molecule has 1 heterocycles. The highest BCUT2D eigenvalue weighted by Gasteiger charge is 2.52. The SMILES string of the molecule is CC(=O)NC[C@H]1CN(c2cc(F)c(C3=CC4C(CO)C4C3)c(F)c2)C(=O)O1. The molecule has 27 heavy (non-hydrogen) atoms. The summed E-state index contributed by atoms with van der Waals surface area (Å²) >= 11 is 0. The first-order valence-corrected chi connectivity index (χ1v) is 8.92. The molecular formula is C19H20F2N2O4. The number of hydrogen-bond donors (Lipinski definition) is 2. The quantitative estimate of drug-likeness (QED) is 0.822. The molecule has 6 nitrogen and oxygen atoms in total. The van der Waals surface area contributed by atoms with Gasteiger partial charge in [-0.15, -0.1) is 0 Å². The number of hydrogen-bond acceptors (Lipinski definition) is 4. The van der Waals surface area contributed by atoms with Crippen LogP contribution in [0.2, 0.25) is 0 Å². The van der Waals surface area contributed by atoms with Gasteiger partial charge in [0.05, 0.1) is 18.8 Å². The second-order valence-electron chi connectivity index (χ2n) is 7.32. The highest BCUT2D eigenvalue weighted by molar-refractivity contribution is 5.90. The molecule has 1 aromatic rings. The highest BCUT2D eigenvalue weighted by atomic mass is 19.1. The van der Waals surface area contributed by atoms with E-state index in [2.05, 4.69) is 5.32 Å². The zero-order valence-electron chi connectivity index (χ0n) is 14.7. The number of rotatable bonds is 5. The van der Waals surface area contributed by atoms with Crippen LogP contribution in [-0.4, -0.2) is 42.9 Å². The normalized spacial score (nSPS) is 28.7. The number of benzene rings is 1. The van der Waals surface area contributed by atoms with Gasteiger partial charge < -0.3 is 15.2 Å². The van der Waals surface area contributed by atoms with Crippen LogP contribution in [0.25, 0.3) is 5.57 Å². The molecule has 0 radical (unpaired) electrons. The van der Waals surface area contributed by atoms with Crippen LogP contribution in [0, 0.1) is 29.4 Å². The van der Waals surface area contributed by atoms with Crippen molar-refractivity contribution >= 4 is 23.3 Å². The summed E-state index contributed by atoms with van der Waals surface area (Å²) in [6.45, 7) is 1.69. The Kier molecular flexibility index (Phi) is 4.38. The van der Waals surface area contributed by atoms with Gasteiger partial charge in [0.25, 0.3) is 0 Å². The number of nitrogens with zero attached hydrogens (tertiary/aromatic N) is 1. The molecule has 2 aliphatic carbocycles. The Balaban J connectivity index is 1.52. The summed E-state index contributed by atoms with van der Waals surface area (Å²) in [5.41, 5.74) is 0.634. The van der Waals surface area contributed by atoms with Crippen molar-refractivity contribution in [1.82, 2.24) is 5.32 Å². The summed E-state index contributed by atoms with van der Waals surface area (Å²) in [5, 5.41) is 11.7. The topological polar surface area (TPSA) is 78.9 Å². The van der Waals surface area contributed by atoms with Gasteiger partial charge in [-0.25, -0.2) is 13.6 Å². The number of halogens is 2. The summed E-state index contributed by atoms with van der Waals surface area (Å²) < 4.78 is 34.4. The summed E-state index contributed by atoms with van der Waals surface area (Å²) in [5.74, 6) is -1.03. The van der Waals surface area contributed by atoms with Crippen molar-refractivity contribution in [2.24, 2.45) is 17.8 Å². The van der Waals surface area contributed by atoms with Gasteiger partial charge in [0.1, 0.15) is 17.7 Å². The van der Waals surface area contributed by atoms with E-state index in [9.17, 15) is 23.5 Å². The summed E-state index contributed by atoms with van der Waals surface area (Å²) in [4.78, 5) is 24.1. The number of allylic oxidation sites excluding steroid dienone is 2. The molecule has 3 aliphatic rings. The molecule has 1 saturated carbocycles. The third-order valence-electron chi connectivity index (χ3n) is 5.57. The monoisotopic (exact) mass is 378 g/mol. The number of anilines is 1. The Morgan fingerprint density at radius 1 is 1.37 bits per heavy atom. The summed E-state index contributed by atoms with van der Waals surface area (Å²) in [7, 11) is 0. The predicted molar refractivity (Wildman–Crippen MR) is 92.8 cm³/mol. The average molecular weight is 378 g/mol. The molecule has 2 fully saturated rings. The van der Waals surface area contributed by atoms with Gasteiger partial charge in [-0.2, -0.15) is 0 Å². The summed E-state index contributed by atoms with van der Waals surface area (Å²) in [6, 6.07) is 2.27. The standard InChI is InChI=1S/C19H20F2N2O4/c1-9(25)22-6-12-7-23(19(26)27-12)11-4-16(20)18(17(21)5-11)10-2-13-14(3-10)15(13)8-24/h2,4-5,12-15,24H,3,6-8H2,1H3,(H,22,25)/t12-,13?,14?,15?/m0/s1. The van der Waals surface area contributed by atoms with Crippen LogP contribution in [0.1, 0.15) is 18.9 Å². The van der Waals surface area contributed by atoms with Crippen LogP contribution in [0.15, 0.2) is 18.2 Å². The third kappa shape index (κ3) is 3.18. The molecule has 0 bridgehead atoms. The van der Waals surface area contributed by atoms with Gasteiger partial charge in [0.15, 0.2) is 0 Å². The molecule has 1 aromatic carbocycles. The third-order valence-corrected chi connectivity index (χ3v) is 5.57. The fraction of sp³-hybridized carbons (Fsp3) is 0.474. The maximum atomic E-state index is 14.6. The number of cyclic esters (lactones) is 1. The number of aliphatic hydroxyl groups excluding tert-OH is 1. The Hall–Kier alpha value is -2.48. The van der Waals surface area contributed by atoms with Crippen molar-refractivity contribution in [2.75, 3.05) is 24.6 Å². The van der Waals surface area contributed by atoms with E-state index in [-0.39, 0.29) is 54.6 Å². The largest absolute Gasteiger partial charge is 0.442 e. The van der Waals surface area contributed by atoms with Gasteiger partial charge in [-0.1, -0.05) is 6.08 Å². The van der Waals surface area contributed by atoms with Gasteiger partial charge in [0.2, 0.25) is 5.91 Å². The maximum absolute atomic E-state index is 14.6. The molecule has 3 unspecified atom stereocenters. The molecule has 0 spiro atoms. The number of aliphatic hydroxyl groups is 1. The van der Waals surface area contributed by atoms with Gasteiger partial charge in [-0.05, 0) is 41.9 Å². The van der Waals surface area contributed by atoms with Crippen LogP contribution in [0.4, 0.5) is 19.3 Å². The molecule has 4 rings (SSSR count). The van der Waals surface area contributed by atoms with Crippen molar-refractivity contribution in [3.8, 4) is 0 Å². The number of fused-ring (bicyclic) bond motifs is 1. The van der Waals surface area contributed by atoms with E-state index < -0.39 is 23.8 Å². The lowest BCUT2D eigenvalue weighted by Crippen LogP contribution is -2.33. The Bertz CT molecular complexity index is 818. The van der Waals surface area contributed by atoms with Crippen molar-refractivity contribution in [3.05, 3.63) is 35.4 Å². The highest BCUT2D eigenvalue weighted by Crippen LogP contribution is 2.58. The average Bonchev–Trinajstić information content (AvgIpc) is 2.92. The fourth-order valence-electron chi connectivity index (χ4n) is 4.12.